The topological polar surface area (TPSA) is 101 Å². The zero-order chi connectivity index (χ0) is 14.0. The second kappa shape index (κ2) is 5.05. The van der Waals surface area contributed by atoms with Crippen molar-refractivity contribution in [3.8, 4) is 0 Å². The molecule has 0 unspecified atom stereocenters. The minimum Gasteiger partial charge on any atom is -0.481 e. The Hall–Kier alpha value is -2.44. The monoisotopic (exact) mass is 262 g/mol. The van der Waals surface area contributed by atoms with Gasteiger partial charge in [-0.2, -0.15) is 4.98 Å². The predicted octanol–water partition coefficient (Wildman–Crippen LogP) is 0.259. The van der Waals surface area contributed by atoms with E-state index in [9.17, 15) is 9.59 Å². The summed E-state index contributed by atoms with van der Waals surface area (Å²) < 4.78 is 1.42. The molecule has 0 fully saturated rings. The van der Waals surface area contributed by atoms with Crippen LogP contribution in [0.3, 0.4) is 0 Å². The molecule has 2 N–H and O–H groups in total. The smallest absolute Gasteiger partial charge is 0.348 e. The van der Waals surface area contributed by atoms with E-state index in [0.29, 0.717) is 22.8 Å². The van der Waals surface area contributed by atoms with Gasteiger partial charge < -0.3 is 10.1 Å². The van der Waals surface area contributed by atoms with Crippen molar-refractivity contribution < 1.29 is 9.90 Å². The molecule has 100 valence electrons. The number of nitrogens with one attached hydrogen (secondary N) is 1. The van der Waals surface area contributed by atoms with Crippen LogP contribution in [0.25, 0.3) is 0 Å². The number of carboxylic acid groups (broad SMARTS) is 1. The average Bonchev–Trinajstić information content (AvgIpc) is 2.82. The number of H-pyrrole nitrogens is 1. The Labute approximate surface area is 109 Å². The fourth-order valence-corrected chi connectivity index (χ4v) is 1.97. The van der Waals surface area contributed by atoms with Gasteiger partial charge in [-0.1, -0.05) is 0 Å². The number of hydrogen-bond acceptors (Lipinski definition) is 4. The standard InChI is InChI=1S/C12H14N4O3/c1-7-9(5-11(17)18)8(2)16(12(19)15-7)6-10-13-3-4-14-10/h3-4H,5-6H2,1-2H3,(H,13,14)(H,17,18). The molecule has 0 aliphatic heterocycles. The lowest BCUT2D eigenvalue weighted by Crippen LogP contribution is -2.29. The zero-order valence-electron chi connectivity index (χ0n) is 10.7. The number of imidazole rings is 1. The number of aromatic nitrogens is 4. The molecule has 0 aliphatic carbocycles. The Bertz CT molecular complexity index is 658. The Morgan fingerprint density at radius 3 is 2.79 bits per heavy atom. The van der Waals surface area contributed by atoms with E-state index in [4.69, 9.17) is 5.11 Å². The number of carboxylic acids is 1. The summed E-state index contributed by atoms with van der Waals surface area (Å²) in [6.07, 6.45) is 3.11. The lowest BCUT2D eigenvalue weighted by atomic mass is 10.1. The molecular formula is C12H14N4O3. The SMILES string of the molecule is Cc1nc(=O)n(Cc2ncc[nH]2)c(C)c1CC(=O)O. The summed E-state index contributed by atoms with van der Waals surface area (Å²) in [6, 6.07) is 0. The third-order valence-electron chi connectivity index (χ3n) is 2.96. The molecular weight excluding hydrogens is 248 g/mol. The van der Waals surface area contributed by atoms with E-state index in [-0.39, 0.29) is 13.0 Å². The van der Waals surface area contributed by atoms with Gasteiger partial charge in [-0.25, -0.2) is 9.78 Å². The van der Waals surface area contributed by atoms with Gasteiger partial charge in [0, 0.05) is 29.3 Å². The highest BCUT2D eigenvalue weighted by molar-refractivity contribution is 5.70. The Morgan fingerprint density at radius 1 is 1.47 bits per heavy atom. The van der Waals surface area contributed by atoms with Gasteiger partial charge in [-0.05, 0) is 13.8 Å². The van der Waals surface area contributed by atoms with Crippen LogP contribution in [0.2, 0.25) is 0 Å². The Morgan fingerprint density at radius 2 is 2.21 bits per heavy atom. The van der Waals surface area contributed by atoms with Crippen molar-refractivity contribution in [1.29, 1.82) is 0 Å². The maximum absolute atomic E-state index is 11.9. The second-order valence-corrected chi connectivity index (χ2v) is 4.24. The molecule has 19 heavy (non-hydrogen) atoms. The van der Waals surface area contributed by atoms with Crippen molar-refractivity contribution in [2.24, 2.45) is 0 Å². The summed E-state index contributed by atoms with van der Waals surface area (Å²) in [6.45, 7) is 3.61. The second-order valence-electron chi connectivity index (χ2n) is 4.24. The van der Waals surface area contributed by atoms with Crippen LogP contribution >= 0.6 is 0 Å². The molecule has 2 heterocycles. The van der Waals surface area contributed by atoms with Gasteiger partial charge in [0.1, 0.15) is 5.82 Å². The highest BCUT2D eigenvalue weighted by Gasteiger charge is 2.14. The van der Waals surface area contributed by atoms with Crippen LogP contribution in [0.1, 0.15) is 22.8 Å². The number of rotatable bonds is 4. The molecule has 2 rings (SSSR count). The van der Waals surface area contributed by atoms with Crippen LogP contribution in [0.5, 0.6) is 0 Å². The van der Waals surface area contributed by atoms with Gasteiger partial charge in [0.2, 0.25) is 0 Å². The predicted molar refractivity (Wildman–Crippen MR) is 67.0 cm³/mol. The van der Waals surface area contributed by atoms with Crippen LogP contribution in [-0.2, 0) is 17.8 Å². The summed E-state index contributed by atoms with van der Waals surface area (Å²) >= 11 is 0. The van der Waals surface area contributed by atoms with Gasteiger partial charge in [0.25, 0.3) is 0 Å². The normalized spacial score (nSPS) is 10.6. The summed E-state index contributed by atoms with van der Waals surface area (Å²) in [5.74, 6) is -0.326. The van der Waals surface area contributed by atoms with Crippen LogP contribution in [-0.4, -0.2) is 30.6 Å². The highest BCUT2D eigenvalue weighted by Crippen LogP contribution is 2.11. The number of carbonyl (C=O) groups is 1. The van der Waals surface area contributed by atoms with Crippen LogP contribution < -0.4 is 5.69 Å². The minimum atomic E-state index is -0.948. The number of aliphatic carboxylic acids is 1. The van der Waals surface area contributed by atoms with Crippen molar-refractivity contribution >= 4 is 5.97 Å². The van der Waals surface area contributed by atoms with Gasteiger partial charge >= 0.3 is 11.7 Å². The maximum Gasteiger partial charge on any atom is 0.348 e. The van der Waals surface area contributed by atoms with Crippen molar-refractivity contribution in [3.05, 3.63) is 45.7 Å². The quantitative estimate of drug-likeness (QED) is 0.823. The first-order valence-electron chi connectivity index (χ1n) is 5.76. The molecule has 0 saturated heterocycles. The maximum atomic E-state index is 11.9. The van der Waals surface area contributed by atoms with Crippen molar-refractivity contribution in [3.63, 3.8) is 0 Å². The van der Waals surface area contributed by atoms with E-state index in [2.05, 4.69) is 15.0 Å². The first-order chi connectivity index (χ1) is 8.99. The van der Waals surface area contributed by atoms with Crippen molar-refractivity contribution in [2.75, 3.05) is 0 Å². The van der Waals surface area contributed by atoms with Crippen LogP contribution in [0, 0.1) is 13.8 Å². The summed E-state index contributed by atoms with van der Waals surface area (Å²) in [5, 5.41) is 8.90. The number of hydrogen-bond donors (Lipinski definition) is 2. The highest BCUT2D eigenvalue weighted by atomic mass is 16.4. The first kappa shape index (κ1) is 13.0. The van der Waals surface area contributed by atoms with Gasteiger partial charge in [-0.15, -0.1) is 0 Å². The molecule has 0 radical (unpaired) electrons. The van der Waals surface area contributed by atoms with E-state index in [0.717, 1.165) is 0 Å². The lowest BCUT2D eigenvalue weighted by molar-refractivity contribution is -0.136. The third-order valence-corrected chi connectivity index (χ3v) is 2.96. The molecule has 7 heteroatoms. The molecule has 2 aromatic rings. The molecule has 7 nitrogen and oxygen atoms in total. The van der Waals surface area contributed by atoms with Crippen molar-refractivity contribution in [2.45, 2.75) is 26.8 Å². The largest absolute Gasteiger partial charge is 0.481 e. The fourth-order valence-electron chi connectivity index (χ4n) is 1.97. The average molecular weight is 262 g/mol. The minimum absolute atomic E-state index is 0.150. The summed E-state index contributed by atoms with van der Waals surface area (Å²) in [4.78, 5) is 33.6. The van der Waals surface area contributed by atoms with Crippen LogP contribution in [0.15, 0.2) is 17.2 Å². The molecule has 0 amide bonds. The molecule has 0 saturated carbocycles. The van der Waals surface area contributed by atoms with Gasteiger partial charge in [0.05, 0.1) is 13.0 Å². The van der Waals surface area contributed by atoms with Gasteiger partial charge in [-0.3, -0.25) is 9.36 Å². The Balaban J connectivity index is 2.48. The summed E-state index contributed by atoms with van der Waals surface area (Å²) in [5.41, 5.74) is 1.23. The Kier molecular flexibility index (Phi) is 3.46. The third kappa shape index (κ3) is 2.70. The number of aromatic amines is 1. The number of aryl methyl sites for hydroxylation is 1. The molecule has 0 bridgehead atoms. The molecule has 2 aromatic heterocycles. The van der Waals surface area contributed by atoms with Crippen molar-refractivity contribution in [1.82, 2.24) is 19.5 Å². The first-order valence-corrected chi connectivity index (χ1v) is 5.76. The van der Waals surface area contributed by atoms with E-state index in [1.54, 1.807) is 26.2 Å². The zero-order valence-corrected chi connectivity index (χ0v) is 10.7. The van der Waals surface area contributed by atoms with E-state index >= 15 is 0 Å². The lowest BCUT2D eigenvalue weighted by Gasteiger charge is -2.13. The molecule has 0 aliphatic rings. The van der Waals surface area contributed by atoms with E-state index in [1.165, 1.54) is 4.57 Å². The van der Waals surface area contributed by atoms with Crippen LogP contribution in [0.4, 0.5) is 0 Å². The molecule has 0 aromatic carbocycles. The summed E-state index contributed by atoms with van der Waals surface area (Å²) in [7, 11) is 0. The molecule has 0 spiro atoms. The van der Waals surface area contributed by atoms with Gasteiger partial charge in [0.15, 0.2) is 0 Å². The fraction of sp³-hybridized carbons (Fsp3) is 0.333. The van der Waals surface area contributed by atoms with E-state index in [1.807, 2.05) is 0 Å². The molecule has 0 atom stereocenters. The number of nitrogens with zero attached hydrogens (tertiary/aromatic N) is 3. The van der Waals surface area contributed by atoms with E-state index < -0.39 is 11.7 Å².